The van der Waals surface area contributed by atoms with Crippen molar-refractivity contribution in [2.24, 2.45) is 0 Å². The minimum absolute atomic E-state index is 0.255. The molecule has 0 aromatic heterocycles. The first kappa shape index (κ1) is 21.6. The SMILES string of the molecule is CCOC(=O)c1ccc(OCC(=O)NNC(=O)COc2ccc3ccccc3c2)cc1. The van der Waals surface area contributed by atoms with Crippen LogP contribution in [0.2, 0.25) is 0 Å². The fourth-order valence-electron chi connectivity index (χ4n) is 2.67. The normalized spacial score (nSPS) is 10.2. The quantitative estimate of drug-likeness (QED) is 0.427. The van der Waals surface area contributed by atoms with Crippen molar-refractivity contribution in [3.05, 3.63) is 72.3 Å². The second-order valence-corrected chi connectivity index (χ2v) is 6.43. The van der Waals surface area contributed by atoms with Crippen molar-refractivity contribution in [3.8, 4) is 11.5 Å². The zero-order chi connectivity index (χ0) is 22.1. The van der Waals surface area contributed by atoms with E-state index in [4.69, 9.17) is 14.2 Å². The highest BCUT2D eigenvalue weighted by Crippen LogP contribution is 2.20. The number of hydrogen-bond donors (Lipinski definition) is 2. The number of hydrogen-bond acceptors (Lipinski definition) is 6. The van der Waals surface area contributed by atoms with Crippen molar-refractivity contribution >= 4 is 28.6 Å². The molecule has 0 unspecified atom stereocenters. The van der Waals surface area contributed by atoms with Crippen molar-refractivity contribution in [1.82, 2.24) is 10.9 Å². The number of carbonyl (C=O) groups is 3. The molecule has 0 aliphatic heterocycles. The van der Waals surface area contributed by atoms with E-state index >= 15 is 0 Å². The summed E-state index contributed by atoms with van der Waals surface area (Å²) in [7, 11) is 0. The third kappa shape index (κ3) is 6.46. The van der Waals surface area contributed by atoms with Gasteiger partial charge in [0, 0.05) is 0 Å². The molecule has 3 aromatic rings. The minimum Gasteiger partial charge on any atom is -0.484 e. The van der Waals surface area contributed by atoms with E-state index in [-0.39, 0.29) is 19.8 Å². The Balaban J connectivity index is 1.37. The maximum Gasteiger partial charge on any atom is 0.338 e. The Labute approximate surface area is 179 Å². The molecule has 0 saturated heterocycles. The maximum absolute atomic E-state index is 11.9. The van der Waals surface area contributed by atoms with E-state index in [0.717, 1.165) is 10.8 Å². The van der Waals surface area contributed by atoms with Gasteiger partial charge in [-0.25, -0.2) is 4.79 Å². The van der Waals surface area contributed by atoms with Gasteiger partial charge < -0.3 is 14.2 Å². The number of benzene rings is 3. The van der Waals surface area contributed by atoms with Gasteiger partial charge in [0.25, 0.3) is 11.8 Å². The van der Waals surface area contributed by atoms with Gasteiger partial charge in [0.1, 0.15) is 11.5 Å². The molecule has 0 heterocycles. The van der Waals surface area contributed by atoms with Crippen molar-refractivity contribution in [3.63, 3.8) is 0 Å². The van der Waals surface area contributed by atoms with Gasteiger partial charge in [-0.1, -0.05) is 30.3 Å². The summed E-state index contributed by atoms with van der Waals surface area (Å²) in [4.78, 5) is 35.3. The molecule has 0 saturated carbocycles. The van der Waals surface area contributed by atoms with Crippen LogP contribution in [-0.4, -0.2) is 37.6 Å². The third-order valence-corrected chi connectivity index (χ3v) is 4.17. The molecule has 0 fully saturated rings. The van der Waals surface area contributed by atoms with Crippen LogP contribution in [0.4, 0.5) is 0 Å². The second-order valence-electron chi connectivity index (χ2n) is 6.43. The summed E-state index contributed by atoms with van der Waals surface area (Å²) in [5.41, 5.74) is 4.89. The average Bonchev–Trinajstić information content (AvgIpc) is 2.80. The Kier molecular flexibility index (Phi) is 7.42. The van der Waals surface area contributed by atoms with Crippen LogP contribution in [0.15, 0.2) is 66.7 Å². The molecular formula is C23H22N2O6. The lowest BCUT2D eigenvalue weighted by atomic mass is 10.1. The Hall–Kier alpha value is -4.07. The molecule has 8 nitrogen and oxygen atoms in total. The number of amides is 2. The molecule has 2 N–H and O–H groups in total. The van der Waals surface area contributed by atoms with Crippen LogP contribution in [0.1, 0.15) is 17.3 Å². The molecule has 3 rings (SSSR count). The lowest BCUT2D eigenvalue weighted by molar-refractivity contribution is -0.131. The van der Waals surface area contributed by atoms with Gasteiger partial charge in [0.2, 0.25) is 0 Å². The molecule has 160 valence electrons. The van der Waals surface area contributed by atoms with Gasteiger partial charge in [-0.3, -0.25) is 20.4 Å². The summed E-state index contributed by atoms with van der Waals surface area (Å²) in [6.07, 6.45) is 0. The highest BCUT2D eigenvalue weighted by molar-refractivity contribution is 5.89. The molecule has 8 heteroatoms. The van der Waals surface area contributed by atoms with Gasteiger partial charge >= 0.3 is 5.97 Å². The molecule has 0 bridgehead atoms. The molecule has 0 radical (unpaired) electrons. The van der Waals surface area contributed by atoms with E-state index in [1.807, 2.05) is 36.4 Å². The standard InChI is InChI=1S/C23H22N2O6/c1-2-29-23(28)17-8-10-19(11-9-17)30-14-21(26)24-25-22(27)15-31-20-12-7-16-5-3-4-6-18(16)13-20/h3-13H,2,14-15H2,1H3,(H,24,26)(H,25,27). The Morgan fingerprint density at radius 1 is 0.742 bits per heavy atom. The van der Waals surface area contributed by atoms with E-state index in [0.29, 0.717) is 17.1 Å². The minimum atomic E-state index is -0.548. The zero-order valence-electron chi connectivity index (χ0n) is 16.9. The van der Waals surface area contributed by atoms with Gasteiger partial charge in [-0.15, -0.1) is 0 Å². The smallest absolute Gasteiger partial charge is 0.338 e. The van der Waals surface area contributed by atoms with Crippen LogP contribution in [-0.2, 0) is 14.3 Å². The number of fused-ring (bicyclic) bond motifs is 1. The summed E-state index contributed by atoms with van der Waals surface area (Å²) >= 11 is 0. The van der Waals surface area contributed by atoms with E-state index in [1.165, 1.54) is 12.1 Å². The first-order chi connectivity index (χ1) is 15.0. The third-order valence-electron chi connectivity index (χ3n) is 4.17. The number of carbonyl (C=O) groups excluding carboxylic acids is 3. The summed E-state index contributed by atoms with van der Waals surface area (Å²) in [5, 5.41) is 2.07. The van der Waals surface area contributed by atoms with E-state index in [2.05, 4.69) is 10.9 Å². The van der Waals surface area contributed by atoms with Crippen LogP contribution >= 0.6 is 0 Å². The Morgan fingerprint density at radius 2 is 1.32 bits per heavy atom. The summed E-state index contributed by atoms with van der Waals surface area (Å²) in [6, 6.07) is 19.5. The van der Waals surface area contributed by atoms with Crippen molar-refractivity contribution in [2.75, 3.05) is 19.8 Å². The van der Waals surface area contributed by atoms with E-state index in [9.17, 15) is 14.4 Å². The number of hydrazine groups is 1. The fourth-order valence-corrected chi connectivity index (χ4v) is 2.67. The van der Waals surface area contributed by atoms with Crippen LogP contribution < -0.4 is 20.3 Å². The summed E-state index contributed by atoms with van der Waals surface area (Å²) in [6.45, 7) is 1.44. The lowest BCUT2D eigenvalue weighted by Gasteiger charge is -2.10. The first-order valence-electron chi connectivity index (χ1n) is 9.64. The molecule has 31 heavy (non-hydrogen) atoms. The molecule has 0 aliphatic carbocycles. The maximum atomic E-state index is 11.9. The monoisotopic (exact) mass is 422 g/mol. The van der Waals surface area contributed by atoms with Gasteiger partial charge in [0.05, 0.1) is 12.2 Å². The fraction of sp³-hybridized carbons (Fsp3) is 0.174. The molecule has 0 spiro atoms. The Bertz CT molecular complexity index is 1070. The zero-order valence-corrected chi connectivity index (χ0v) is 16.9. The average molecular weight is 422 g/mol. The summed E-state index contributed by atoms with van der Waals surface area (Å²) < 4.78 is 15.7. The molecule has 3 aromatic carbocycles. The predicted molar refractivity (Wildman–Crippen MR) is 114 cm³/mol. The second kappa shape index (κ2) is 10.6. The van der Waals surface area contributed by atoms with Crippen LogP contribution in [0.5, 0.6) is 11.5 Å². The van der Waals surface area contributed by atoms with Crippen molar-refractivity contribution in [1.29, 1.82) is 0 Å². The molecule has 0 atom stereocenters. The highest BCUT2D eigenvalue weighted by atomic mass is 16.5. The number of ether oxygens (including phenoxy) is 3. The van der Waals surface area contributed by atoms with Crippen LogP contribution in [0.25, 0.3) is 10.8 Å². The molecule has 0 aliphatic rings. The van der Waals surface area contributed by atoms with Crippen LogP contribution in [0, 0.1) is 0 Å². The predicted octanol–water partition coefficient (Wildman–Crippen LogP) is 2.62. The summed E-state index contributed by atoms with van der Waals surface area (Å²) in [5.74, 6) is -0.543. The van der Waals surface area contributed by atoms with E-state index in [1.54, 1.807) is 25.1 Å². The largest absolute Gasteiger partial charge is 0.484 e. The van der Waals surface area contributed by atoms with Crippen molar-refractivity contribution < 1.29 is 28.6 Å². The highest BCUT2D eigenvalue weighted by Gasteiger charge is 2.09. The number of rotatable bonds is 8. The number of nitrogens with one attached hydrogen (secondary N) is 2. The molecule has 2 amide bonds. The lowest BCUT2D eigenvalue weighted by Crippen LogP contribution is -2.45. The topological polar surface area (TPSA) is 103 Å². The van der Waals surface area contributed by atoms with Gasteiger partial charge in [-0.05, 0) is 54.1 Å². The van der Waals surface area contributed by atoms with Gasteiger partial charge in [-0.2, -0.15) is 0 Å². The van der Waals surface area contributed by atoms with E-state index < -0.39 is 17.8 Å². The van der Waals surface area contributed by atoms with Gasteiger partial charge in [0.15, 0.2) is 13.2 Å². The number of esters is 1. The van der Waals surface area contributed by atoms with Crippen LogP contribution in [0.3, 0.4) is 0 Å². The molecular weight excluding hydrogens is 400 g/mol. The van der Waals surface area contributed by atoms with Crippen molar-refractivity contribution in [2.45, 2.75) is 6.92 Å². The first-order valence-corrected chi connectivity index (χ1v) is 9.64. The Morgan fingerprint density at radius 3 is 1.97 bits per heavy atom.